The number of hydrogen-bond donors (Lipinski definition) is 1. The number of carbonyl (C=O) groups excluding carboxylic acids is 1. The molecule has 1 amide bonds. The van der Waals surface area contributed by atoms with Crippen LogP contribution in [0, 0.1) is 6.92 Å². The number of hydrogen-bond acceptors (Lipinski definition) is 6. The SMILES string of the molecule is CCn1cc(Br)c(-c2ccnc3cc(C(=O)Nc4ccc(-c5nc6ccc(C)cc6s5)cc4)nn23)n1. The second-order valence-electron chi connectivity index (χ2n) is 8.33. The van der Waals surface area contributed by atoms with E-state index >= 15 is 0 Å². The fourth-order valence-electron chi connectivity index (χ4n) is 3.96. The van der Waals surface area contributed by atoms with E-state index in [4.69, 9.17) is 4.98 Å². The lowest BCUT2D eigenvalue weighted by molar-refractivity contribution is 0.102. The van der Waals surface area contributed by atoms with Gasteiger partial charge in [-0.15, -0.1) is 11.3 Å². The van der Waals surface area contributed by atoms with Gasteiger partial charge >= 0.3 is 0 Å². The van der Waals surface area contributed by atoms with Crippen molar-refractivity contribution in [3.63, 3.8) is 0 Å². The number of benzene rings is 2. The van der Waals surface area contributed by atoms with Crippen LogP contribution in [0.3, 0.4) is 0 Å². The van der Waals surface area contributed by atoms with Crippen LogP contribution in [0.1, 0.15) is 23.0 Å². The summed E-state index contributed by atoms with van der Waals surface area (Å²) in [7, 11) is 0. The maximum absolute atomic E-state index is 13.0. The van der Waals surface area contributed by atoms with E-state index in [-0.39, 0.29) is 11.6 Å². The highest BCUT2D eigenvalue weighted by molar-refractivity contribution is 9.10. The summed E-state index contributed by atoms with van der Waals surface area (Å²) in [6, 6.07) is 17.4. The zero-order chi connectivity index (χ0) is 24.8. The fraction of sp³-hybridized carbons (Fsp3) is 0.115. The average Bonchev–Trinajstić information content (AvgIpc) is 3.60. The molecule has 0 aliphatic rings. The van der Waals surface area contributed by atoms with E-state index in [2.05, 4.69) is 55.5 Å². The molecule has 0 unspecified atom stereocenters. The molecule has 1 N–H and O–H groups in total. The molecule has 0 radical (unpaired) electrons. The number of fused-ring (bicyclic) bond motifs is 2. The molecular formula is C26H20BrN7OS. The van der Waals surface area contributed by atoms with Crippen molar-refractivity contribution in [3.8, 4) is 22.0 Å². The van der Waals surface area contributed by atoms with E-state index in [1.54, 1.807) is 28.1 Å². The zero-order valence-corrected chi connectivity index (χ0v) is 21.8. The summed E-state index contributed by atoms with van der Waals surface area (Å²) in [5.74, 6) is -0.312. The van der Waals surface area contributed by atoms with Gasteiger partial charge in [0.05, 0.1) is 20.4 Å². The number of carbonyl (C=O) groups is 1. The Labute approximate surface area is 218 Å². The van der Waals surface area contributed by atoms with E-state index < -0.39 is 0 Å². The van der Waals surface area contributed by atoms with E-state index in [0.29, 0.717) is 11.3 Å². The van der Waals surface area contributed by atoms with Crippen LogP contribution < -0.4 is 5.32 Å². The number of amides is 1. The predicted octanol–water partition coefficient (Wildman–Crippen LogP) is 6.21. The summed E-state index contributed by atoms with van der Waals surface area (Å²) in [5, 5.41) is 13.0. The molecule has 10 heteroatoms. The minimum Gasteiger partial charge on any atom is -0.321 e. The smallest absolute Gasteiger partial charge is 0.276 e. The summed E-state index contributed by atoms with van der Waals surface area (Å²) < 4.78 is 5.49. The highest BCUT2D eigenvalue weighted by atomic mass is 79.9. The molecule has 8 nitrogen and oxygen atoms in total. The van der Waals surface area contributed by atoms with Crippen LogP contribution in [0.4, 0.5) is 5.69 Å². The molecule has 4 heterocycles. The molecular weight excluding hydrogens is 538 g/mol. The van der Waals surface area contributed by atoms with Crippen molar-refractivity contribution in [1.29, 1.82) is 0 Å². The van der Waals surface area contributed by atoms with Crippen LogP contribution >= 0.6 is 27.3 Å². The third kappa shape index (κ3) is 4.08. The molecule has 0 atom stereocenters. The molecule has 0 aliphatic carbocycles. The molecule has 0 aliphatic heterocycles. The van der Waals surface area contributed by atoms with Crippen LogP contribution in [0.2, 0.25) is 0 Å². The summed E-state index contributed by atoms with van der Waals surface area (Å²) in [6.45, 7) is 4.85. The molecule has 6 rings (SSSR count). The van der Waals surface area contributed by atoms with Gasteiger partial charge in [-0.05, 0) is 77.8 Å². The lowest BCUT2D eigenvalue weighted by Crippen LogP contribution is -2.12. The first-order valence-corrected chi connectivity index (χ1v) is 13.0. The van der Waals surface area contributed by atoms with E-state index in [0.717, 1.165) is 43.2 Å². The lowest BCUT2D eigenvalue weighted by atomic mass is 10.2. The number of thiazole rings is 1. The van der Waals surface area contributed by atoms with Gasteiger partial charge in [0.15, 0.2) is 11.3 Å². The second kappa shape index (κ2) is 8.96. The number of nitrogens with one attached hydrogen (secondary N) is 1. The fourth-order valence-corrected chi connectivity index (χ4v) is 5.55. The second-order valence-corrected chi connectivity index (χ2v) is 10.2. The molecule has 0 fully saturated rings. The van der Waals surface area contributed by atoms with Crippen LogP contribution in [-0.2, 0) is 6.54 Å². The van der Waals surface area contributed by atoms with Crippen LogP contribution in [0.15, 0.2) is 71.5 Å². The quantitative estimate of drug-likeness (QED) is 0.272. The molecule has 0 saturated carbocycles. The largest absolute Gasteiger partial charge is 0.321 e. The summed E-state index contributed by atoms with van der Waals surface area (Å²) in [4.78, 5) is 22.1. The van der Waals surface area contributed by atoms with Gasteiger partial charge < -0.3 is 5.32 Å². The van der Waals surface area contributed by atoms with Gasteiger partial charge in [0.1, 0.15) is 10.7 Å². The Morgan fingerprint density at radius 3 is 2.69 bits per heavy atom. The minimum absolute atomic E-state index is 0.270. The van der Waals surface area contributed by atoms with Crippen molar-refractivity contribution >= 4 is 54.7 Å². The Kier molecular flexibility index (Phi) is 5.62. The first kappa shape index (κ1) is 22.6. The van der Waals surface area contributed by atoms with Gasteiger partial charge in [-0.1, -0.05) is 6.07 Å². The molecule has 36 heavy (non-hydrogen) atoms. The first-order valence-electron chi connectivity index (χ1n) is 11.4. The molecule has 0 spiro atoms. The Balaban J connectivity index is 1.25. The first-order chi connectivity index (χ1) is 17.5. The zero-order valence-electron chi connectivity index (χ0n) is 19.4. The topological polar surface area (TPSA) is 90.0 Å². The Hall–Kier alpha value is -3.89. The van der Waals surface area contributed by atoms with Crippen LogP contribution in [-0.4, -0.2) is 35.3 Å². The van der Waals surface area contributed by atoms with E-state index in [1.165, 1.54) is 5.56 Å². The molecule has 0 saturated heterocycles. The average molecular weight is 558 g/mol. The number of aryl methyl sites for hydroxylation is 2. The standard InChI is InChI=1S/C26H20BrN7OS/c1-3-33-14-18(27)24(32-33)21-10-11-28-23-13-20(31-34(21)23)25(35)29-17-7-5-16(6-8-17)26-30-19-9-4-15(2)12-22(19)36-26/h4-14H,3H2,1-2H3,(H,29,35). The molecule has 178 valence electrons. The van der Waals surface area contributed by atoms with E-state index in [9.17, 15) is 4.79 Å². The van der Waals surface area contributed by atoms with Gasteiger partial charge in [-0.2, -0.15) is 10.2 Å². The Morgan fingerprint density at radius 2 is 1.92 bits per heavy atom. The van der Waals surface area contributed by atoms with Crippen LogP contribution in [0.25, 0.3) is 37.8 Å². The third-order valence-electron chi connectivity index (χ3n) is 5.81. The number of halogens is 1. The Morgan fingerprint density at radius 1 is 1.08 bits per heavy atom. The van der Waals surface area contributed by atoms with Gasteiger partial charge in [0, 0.05) is 36.3 Å². The maximum atomic E-state index is 13.0. The number of nitrogens with zero attached hydrogens (tertiary/aromatic N) is 6. The normalized spacial score (nSPS) is 11.4. The molecule has 6 aromatic rings. The number of aromatic nitrogens is 6. The number of rotatable bonds is 5. The molecule has 0 bridgehead atoms. The Bertz CT molecular complexity index is 1750. The summed E-state index contributed by atoms with van der Waals surface area (Å²) in [5.41, 5.74) is 6.21. The summed E-state index contributed by atoms with van der Waals surface area (Å²) in [6.07, 6.45) is 3.60. The van der Waals surface area contributed by atoms with Crippen molar-refractivity contribution in [3.05, 3.63) is 82.7 Å². The van der Waals surface area contributed by atoms with Gasteiger partial charge in [0.25, 0.3) is 5.91 Å². The van der Waals surface area contributed by atoms with E-state index in [1.807, 2.05) is 54.2 Å². The van der Waals surface area contributed by atoms with Gasteiger partial charge in [-0.3, -0.25) is 9.48 Å². The van der Waals surface area contributed by atoms with Crippen LogP contribution in [0.5, 0.6) is 0 Å². The van der Waals surface area contributed by atoms with Crippen molar-refractivity contribution in [2.45, 2.75) is 20.4 Å². The van der Waals surface area contributed by atoms with Gasteiger partial charge in [-0.25, -0.2) is 14.5 Å². The third-order valence-corrected chi connectivity index (χ3v) is 7.46. The highest BCUT2D eigenvalue weighted by Gasteiger charge is 2.17. The summed E-state index contributed by atoms with van der Waals surface area (Å²) >= 11 is 5.23. The molecule has 4 aromatic heterocycles. The maximum Gasteiger partial charge on any atom is 0.276 e. The molecule has 2 aromatic carbocycles. The highest BCUT2D eigenvalue weighted by Crippen LogP contribution is 2.31. The lowest BCUT2D eigenvalue weighted by Gasteiger charge is -2.04. The van der Waals surface area contributed by atoms with Crippen molar-refractivity contribution in [1.82, 2.24) is 29.4 Å². The minimum atomic E-state index is -0.312. The predicted molar refractivity (Wildman–Crippen MR) is 145 cm³/mol. The van der Waals surface area contributed by atoms with Crippen molar-refractivity contribution in [2.75, 3.05) is 5.32 Å². The van der Waals surface area contributed by atoms with Crippen molar-refractivity contribution in [2.24, 2.45) is 0 Å². The van der Waals surface area contributed by atoms with Crippen molar-refractivity contribution < 1.29 is 4.79 Å². The van der Waals surface area contributed by atoms with Gasteiger partial charge in [0.2, 0.25) is 0 Å². The monoisotopic (exact) mass is 557 g/mol. The number of anilines is 1.